The highest BCUT2D eigenvalue weighted by molar-refractivity contribution is 6.20. The summed E-state index contributed by atoms with van der Waals surface area (Å²) in [6, 6.07) is 13.7. The van der Waals surface area contributed by atoms with Crippen molar-refractivity contribution in [2.45, 2.75) is 12.2 Å². The van der Waals surface area contributed by atoms with Crippen molar-refractivity contribution in [3.05, 3.63) is 107 Å². The van der Waals surface area contributed by atoms with Gasteiger partial charge in [-0.1, -0.05) is 24.3 Å². The van der Waals surface area contributed by atoms with Crippen molar-refractivity contribution < 1.29 is 41.4 Å². The summed E-state index contributed by atoms with van der Waals surface area (Å²) in [5, 5.41) is 11.3. The number of halogens is 4. The average molecular weight is 511 g/mol. The summed E-state index contributed by atoms with van der Waals surface area (Å²) in [5.41, 5.74) is -0.792. The number of ketones is 1. The second kappa shape index (κ2) is 8.81. The predicted octanol–water partition coefficient (Wildman–Crippen LogP) is 6.38. The Bertz CT molecular complexity index is 1550. The third kappa shape index (κ3) is 4.10. The number of aliphatic hydroxyl groups excluding tert-OH is 1. The molecule has 10 heteroatoms. The van der Waals surface area contributed by atoms with Crippen LogP contribution in [0.1, 0.15) is 27.7 Å². The van der Waals surface area contributed by atoms with Gasteiger partial charge >= 0.3 is 6.18 Å². The van der Waals surface area contributed by atoms with E-state index in [9.17, 15) is 32.3 Å². The highest BCUT2D eigenvalue weighted by atomic mass is 19.4. The topological polar surface area (TPSA) is 80.0 Å². The van der Waals surface area contributed by atoms with Crippen LogP contribution in [0.25, 0.3) is 11.0 Å². The lowest BCUT2D eigenvalue weighted by Crippen LogP contribution is -2.31. The molecule has 1 aliphatic rings. The highest BCUT2D eigenvalue weighted by Gasteiger charge is 2.45. The first-order chi connectivity index (χ1) is 17.6. The fraction of sp³-hybridized carbons (Fsp3) is 0.111. The van der Waals surface area contributed by atoms with Gasteiger partial charge in [0.2, 0.25) is 5.78 Å². The van der Waals surface area contributed by atoms with Crippen molar-refractivity contribution in [2.24, 2.45) is 0 Å². The molecule has 188 valence electrons. The van der Waals surface area contributed by atoms with E-state index in [0.29, 0.717) is 11.1 Å². The lowest BCUT2D eigenvalue weighted by Gasteiger charge is -2.27. The van der Waals surface area contributed by atoms with Crippen LogP contribution in [0.2, 0.25) is 0 Å². The Hall–Kier alpha value is -4.60. The Kier molecular flexibility index (Phi) is 5.74. The summed E-state index contributed by atoms with van der Waals surface area (Å²) in [5.74, 6) is -3.15. The zero-order chi connectivity index (χ0) is 26.5. The van der Waals surface area contributed by atoms with E-state index >= 15 is 0 Å². The average Bonchev–Trinajstić information content (AvgIpc) is 3.43. The number of nitrogens with zero attached hydrogens (tertiary/aromatic N) is 1. The lowest BCUT2D eigenvalue weighted by molar-refractivity contribution is -0.137. The summed E-state index contributed by atoms with van der Waals surface area (Å²) in [4.78, 5) is 27.8. The molecule has 4 aromatic rings. The van der Waals surface area contributed by atoms with Crippen molar-refractivity contribution in [2.75, 3.05) is 12.0 Å². The number of fused-ring (bicyclic) bond motifs is 1. The number of ether oxygens (including phenoxy) is 1. The van der Waals surface area contributed by atoms with Crippen LogP contribution in [0.3, 0.4) is 0 Å². The number of alkyl halides is 3. The molecule has 0 radical (unpaired) electrons. The number of carbonyl (C=O) groups excluding carboxylic acids is 2. The summed E-state index contributed by atoms with van der Waals surface area (Å²) in [6.07, 6.45) is -4.60. The second-order valence-corrected chi connectivity index (χ2v) is 8.25. The van der Waals surface area contributed by atoms with E-state index < -0.39 is 41.0 Å². The molecule has 1 amide bonds. The summed E-state index contributed by atoms with van der Waals surface area (Å²) in [6.45, 7) is 0. The number of methoxy groups -OCH3 is 1. The fourth-order valence-corrected chi connectivity index (χ4v) is 4.32. The molecule has 3 aromatic carbocycles. The van der Waals surface area contributed by atoms with Gasteiger partial charge in [0.1, 0.15) is 5.82 Å². The molecule has 1 N–H and O–H groups in total. The summed E-state index contributed by atoms with van der Waals surface area (Å²) >= 11 is 0. The van der Waals surface area contributed by atoms with Gasteiger partial charge in [0.15, 0.2) is 22.9 Å². The van der Waals surface area contributed by atoms with E-state index in [2.05, 4.69) is 0 Å². The Morgan fingerprint density at radius 3 is 2.32 bits per heavy atom. The largest absolute Gasteiger partial charge is 0.503 e. The maximum Gasteiger partial charge on any atom is 0.416 e. The monoisotopic (exact) mass is 511 g/mol. The molecule has 37 heavy (non-hydrogen) atoms. The number of rotatable bonds is 5. The summed E-state index contributed by atoms with van der Waals surface area (Å²) in [7, 11) is 1.43. The molecule has 0 saturated heterocycles. The first-order valence-electron chi connectivity index (χ1n) is 10.9. The number of furan rings is 1. The fourth-order valence-electron chi connectivity index (χ4n) is 4.32. The predicted molar refractivity (Wildman–Crippen MR) is 125 cm³/mol. The van der Waals surface area contributed by atoms with Crippen molar-refractivity contribution in [1.82, 2.24) is 0 Å². The van der Waals surface area contributed by atoms with Gasteiger partial charge in [-0.2, -0.15) is 13.2 Å². The minimum Gasteiger partial charge on any atom is -0.503 e. The van der Waals surface area contributed by atoms with Crippen LogP contribution >= 0.6 is 0 Å². The Labute approximate surface area is 207 Å². The van der Waals surface area contributed by atoms with Crippen molar-refractivity contribution in [3.8, 4) is 5.75 Å². The van der Waals surface area contributed by atoms with E-state index in [0.717, 1.165) is 41.3 Å². The standard InChI is InChI=1S/C27H17F4NO5/c1-36-19-4-2-3-15-13-20(37-25(15)19)23(33)21-22(14-5-9-17(28)10-6-14)32(26(35)24(21)34)18-11-7-16(8-12-18)27(29,30)31/h2-13,22,34H,1H3. The van der Waals surface area contributed by atoms with Gasteiger partial charge in [0.05, 0.1) is 24.3 Å². The van der Waals surface area contributed by atoms with Crippen molar-refractivity contribution in [3.63, 3.8) is 0 Å². The minimum absolute atomic E-state index is 0.00653. The zero-order valence-corrected chi connectivity index (χ0v) is 19.0. The number of amides is 1. The van der Waals surface area contributed by atoms with Gasteiger partial charge in [-0.3, -0.25) is 14.5 Å². The number of hydrogen-bond acceptors (Lipinski definition) is 5. The minimum atomic E-state index is -4.60. The van der Waals surface area contributed by atoms with E-state index in [4.69, 9.17) is 9.15 Å². The molecule has 0 fully saturated rings. The molecule has 0 spiro atoms. The molecule has 0 aliphatic carbocycles. The van der Waals surface area contributed by atoms with Crippen LogP contribution in [0.5, 0.6) is 5.75 Å². The van der Waals surface area contributed by atoms with E-state index in [1.54, 1.807) is 18.2 Å². The Balaban J connectivity index is 1.63. The van der Waals surface area contributed by atoms with Crippen LogP contribution in [-0.4, -0.2) is 23.9 Å². The van der Waals surface area contributed by atoms with Gasteiger partial charge in [-0.25, -0.2) is 4.39 Å². The smallest absolute Gasteiger partial charge is 0.416 e. The van der Waals surface area contributed by atoms with E-state index in [1.807, 2.05) is 0 Å². The van der Waals surface area contributed by atoms with Crippen LogP contribution in [0.4, 0.5) is 23.2 Å². The van der Waals surface area contributed by atoms with Crippen molar-refractivity contribution >= 4 is 28.3 Å². The van der Waals surface area contributed by atoms with Gasteiger partial charge in [-0.15, -0.1) is 0 Å². The Morgan fingerprint density at radius 1 is 1.03 bits per heavy atom. The van der Waals surface area contributed by atoms with Crippen LogP contribution < -0.4 is 9.64 Å². The summed E-state index contributed by atoms with van der Waals surface area (Å²) < 4.78 is 63.9. The molecule has 0 bridgehead atoms. The number of benzene rings is 3. The van der Waals surface area contributed by atoms with E-state index in [1.165, 1.54) is 25.3 Å². The molecule has 1 aromatic heterocycles. The van der Waals surface area contributed by atoms with Gasteiger partial charge in [-0.05, 0) is 54.1 Å². The maximum absolute atomic E-state index is 13.7. The van der Waals surface area contributed by atoms with Gasteiger partial charge < -0.3 is 14.3 Å². The zero-order valence-electron chi connectivity index (χ0n) is 19.0. The highest BCUT2D eigenvalue weighted by Crippen LogP contribution is 2.43. The van der Waals surface area contributed by atoms with Crippen molar-refractivity contribution in [1.29, 1.82) is 0 Å². The van der Waals surface area contributed by atoms with E-state index in [-0.39, 0.29) is 28.2 Å². The first kappa shape index (κ1) is 24.1. The molecule has 5 rings (SSSR count). The quantitative estimate of drug-likeness (QED) is 0.248. The molecule has 1 atom stereocenters. The number of hydrogen-bond donors (Lipinski definition) is 1. The molecule has 1 unspecified atom stereocenters. The molecule has 0 saturated carbocycles. The number of anilines is 1. The molecule has 6 nitrogen and oxygen atoms in total. The second-order valence-electron chi connectivity index (χ2n) is 8.25. The number of Topliss-reactive ketones (excluding diaryl/α,β-unsaturated/α-hetero) is 1. The number of carbonyl (C=O) groups is 2. The van der Waals surface area contributed by atoms with Crippen LogP contribution in [0.15, 0.2) is 88.5 Å². The maximum atomic E-state index is 13.7. The molecule has 1 aliphatic heterocycles. The van der Waals surface area contributed by atoms with Gasteiger partial charge in [0.25, 0.3) is 5.91 Å². The lowest BCUT2D eigenvalue weighted by atomic mass is 9.94. The normalized spacial score (nSPS) is 16.1. The SMILES string of the molecule is COc1cccc2cc(C(=O)C3=C(O)C(=O)N(c4ccc(C(F)(F)F)cc4)C3c3ccc(F)cc3)oc12. The Morgan fingerprint density at radius 2 is 1.70 bits per heavy atom. The van der Waals surface area contributed by atoms with Gasteiger partial charge in [0, 0.05) is 11.1 Å². The van der Waals surface area contributed by atoms with Crippen LogP contribution in [0, 0.1) is 5.82 Å². The first-order valence-corrected chi connectivity index (χ1v) is 10.9. The molecule has 2 heterocycles. The molecular weight excluding hydrogens is 494 g/mol. The number of para-hydroxylation sites is 1. The number of aliphatic hydroxyl groups is 1. The molecular formula is C27H17F4NO5. The third-order valence-electron chi connectivity index (χ3n) is 6.06. The van der Waals surface area contributed by atoms with Crippen LogP contribution in [-0.2, 0) is 11.0 Å². The third-order valence-corrected chi connectivity index (χ3v) is 6.06.